The van der Waals surface area contributed by atoms with E-state index in [9.17, 15) is 131 Å². The lowest BCUT2D eigenvalue weighted by Crippen LogP contribution is -2.69. The highest BCUT2D eigenvalue weighted by atomic mass is 32.3. The van der Waals surface area contributed by atoms with E-state index >= 15 is 0 Å². The average Bonchev–Trinajstić information content (AvgIpc) is 2.44. The van der Waals surface area contributed by atoms with E-state index in [1.807, 2.05) is 0 Å². The molecule has 0 aliphatic carbocycles. The number of carboxylic acids is 2. The van der Waals surface area contributed by atoms with Gasteiger partial charge in [0.1, 0.15) is 93.1 Å². The number of nitrogens with one attached hydrogen (secondary N) is 3. The number of carbonyl (C=O) groups is 2. The van der Waals surface area contributed by atoms with Crippen molar-refractivity contribution in [2.45, 2.75) is 141 Å². The zero-order valence-corrected chi connectivity index (χ0v) is 48.3. The minimum absolute atomic E-state index is 0.874. The molecule has 0 amide bonds. The quantitative estimate of drug-likeness (QED) is 0.0125. The van der Waals surface area contributed by atoms with Crippen LogP contribution in [0.4, 0.5) is 0 Å². The van der Waals surface area contributed by atoms with Gasteiger partial charge in [-0.25, -0.2) is 70.9 Å². The molecule has 0 spiro atoms. The van der Waals surface area contributed by atoms with Crippen LogP contribution in [0, 0.1) is 17.8 Å². The molecule has 5 fully saturated rings. The van der Waals surface area contributed by atoms with Crippen LogP contribution in [0.15, 0.2) is 0 Å². The van der Waals surface area contributed by atoms with Crippen molar-refractivity contribution in [2.24, 2.45) is 17.8 Å². The Morgan fingerprint density at radius 2 is 0.876 bits per heavy atom. The van der Waals surface area contributed by atoms with Gasteiger partial charge in [0.15, 0.2) is 43.5 Å². The molecular weight excluding hydrogens is 1350 g/mol. The summed E-state index contributed by atoms with van der Waals surface area (Å²) < 4.78 is 242. The molecule has 5 heterocycles. The van der Waals surface area contributed by atoms with Crippen molar-refractivity contribution in [3.8, 4) is 0 Å². The van der Waals surface area contributed by atoms with E-state index in [4.69, 9.17) is 42.6 Å². The minimum atomic E-state index is -6.29. The second-order valence-corrected chi connectivity index (χ2v) is 24.9. The van der Waals surface area contributed by atoms with Crippen LogP contribution >= 0.6 is 0 Å². The number of aliphatic carboxylic acids is 2. The van der Waals surface area contributed by atoms with E-state index in [0.717, 1.165) is 7.11 Å². The molecule has 53 heteroatoms. The van der Waals surface area contributed by atoms with Crippen molar-refractivity contribution in [1.82, 2.24) is 14.2 Å². The molecule has 5 aliphatic rings. The van der Waals surface area contributed by atoms with Gasteiger partial charge in [-0.3, -0.25) is 23.5 Å². The Bertz CT molecular complexity index is 2870. The molecule has 0 radical (unpaired) electrons. The third-order valence-corrected chi connectivity index (χ3v) is 16.5. The summed E-state index contributed by atoms with van der Waals surface area (Å²) in [6, 6.07) is -6.90. The van der Waals surface area contributed by atoms with Crippen molar-refractivity contribution in [1.29, 1.82) is 0 Å². The monoisotopic (exact) mass is 1410 g/mol. The van der Waals surface area contributed by atoms with Crippen LogP contribution in [0.5, 0.6) is 0 Å². The summed E-state index contributed by atoms with van der Waals surface area (Å²) in [5, 5.41) is 134. The van der Waals surface area contributed by atoms with Gasteiger partial charge in [0, 0.05) is 24.9 Å². The molecule has 5 rings (SSSR count). The molecule has 9 N–H and O–H groups in total. The molecule has 25 atom stereocenters. The van der Waals surface area contributed by atoms with Crippen LogP contribution < -0.4 is 40.2 Å². The predicted octanol–water partition coefficient (Wildman–Crippen LogP) is -18.7. The SMILES string of the molecule is CO[C@H]1OC(COO[O-])[C@@H](C[C@@H]2OC(C(=O)[O-])[C@@H](COC[C@H]3OC(COO[O-])[C@@H](O[C@@H]4OC(C(=O)[O-])[C@@H](COC[C@H]5OC(COO[O-])[C@@H](O)[C@@H](O)C5NS(=O)(=O)[O-])[C@@H](O)C4O)[C@@H](OS(=O)(=O)[O-])C3NS(=O)(=O)[O-])[C@@H](O)C2OS(=O)(=O)[O-])[C@@H](O)C1NS(=O)(=O)[O-]. The summed E-state index contributed by atoms with van der Waals surface area (Å²) in [6.45, 7) is -8.41. The van der Waals surface area contributed by atoms with Crippen molar-refractivity contribution < 1.29 is 212 Å². The second kappa shape index (κ2) is 32.6. The molecule has 5 aliphatic heterocycles. The Morgan fingerprint density at radius 3 is 1.37 bits per heavy atom. The van der Waals surface area contributed by atoms with Crippen molar-refractivity contribution in [3.63, 3.8) is 0 Å². The van der Waals surface area contributed by atoms with Crippen molar-refractivity contribution in [2.75, 3.05) is 53.4 Å². The number of aliphatic hydroxyl groups excluding tert-OH is 6. The number of hydrogen-bond donors (Lipinski definition) is 9. The average molecular weight is 1410 g/mol. The topological polar surface area (TPSA) is 750 Å². The number of ether oxygens (including phenoxy) is 9. The van der Waals surface area contributed by atoms with Gasteiger partial charge in [0.2, 0.25) is 20.8 Å². The molecule has 0 aromatic carbocycles. The number of hydrogen-bond acceptors (Lipinski definition) is 45. The zero-order valence-electron chi connectivity index (χ0n) is 44.2. The van der Waals surface area contributed by atoms with Crippen LogP contribution in [-0.4, -0.2) is 295 Å². The van der Waals surface area contributed by atoms with Gasteiger partial charge in [-0.15, -0.1) is 0 Å². The lowest BCUT2D eigenvalue weighted by atomic mass is 9.79. The largest absolute Gasteiger partial charge is 0.735 e. The highest BCUT2D eigenvalue weighted by molar-refractivity contribution is 7.84. The first-order valence-corrected chi connectivity index (χ1v) is 31.5. The predicted molar refractivity (Wildman–Crippen MR) is 238 cm³/mol. The fourth-order valence-corrected chi connectivity index (χ4v) is 13.1. The summed E-state index contributed by atoms with van der Waals surface area (Å²) in [4.78, 5) is 37.9. The van der Waals surface area contributed by atoms with Crippen LogP contribution in [0.25, 0.3) is 0 Å². The Morgan fingerprint density at radius 1 is 0.427 bits per heavy atom. The third-order valence-electron chi connectivity index (χ3n) is 13.9. The fourth-order valence-electron chi connectivity index (χ4n) is 10.3. The van der Waals surface area contributed by atoms with Gasteiger partial charge in [-0.05, 0) is 6.42 Å². The zero-order chi connectivity index (χ0) is 66.9. The van der Waals surface area contributed by atoms with Gasteiger partial charge in [-0.1, -0.05) is 0 Å². The van der Waals surface area contributed by atoms with E-state index in [1.165, 1.54) is 14.2 Å². The van der Waals surface area contributed by atoms with Crippen LogP contribution in [-0.2, 0) is 142 Å². The first-order chi connectivity index (χ1) is 41.2. The highest BCUT2D eigenvalue weighted by Gasteiger charge is 2.56. The summed E-state index contributed by atoms with van der Waals surface area (Å²) in [5.74, 6) is -10.9. The van der Waals surface area contributed by atoms with E-state index in [-0.39, 0.29) is 0 Å². The van der Waals surface area contributed by atoms with E-state index in [2.05, 4.69) is 38.1 Å². The molecule has 5 saturated heterocycles. The molecule has 0 aromatic heterocycles. The van der Waals surface area contributed by atoms with Crippen LogP contribution in [0.3, 0.4) is 0 Å². The fraction of sp³-hybridized carbons (Fsp3) is 0.944. The number of methoxy groups -OCH3 is 1. The molecule has 0 saturated carbocycles. The van der Waals surface area contributed by atoms with Crippen molar-refractivity contribution >= 4 is 63.6 Å². The van der Waals surface area contributed by atoms with Crippen LogP contribution in [0.2, 0.25) is 0 Å². The first-order valence-electron chi connectivity index (χ1n) is 24.6. The highest BCUT2D eigenvalue weighted by Crippen LogP contribution is 2.39. The molecule has 48 nitrogen and oxygen atoms in total. The summed E-state index contributed by atoms with van der Waals surface area (Å²) >= 11 is 0. The Kier molecular flexibility index (Phi) is 28.3. The summed E-state index contributed by atoms with van der Waals surface area (Å²) in [5.41, 5.74) is 0. The minimum Gasteiger partial charge on any atom is -0.735 e. The van der Waals surface area contributed by atoms with E-state index < -0.39 is 269 Å². The van der Waals surface area contributed by atoms with Gasteiger partial charge in [0.05, 0.1) is 87.0 Å². The van der Waals surface area contributed by atoms with Gasteiger partial charge in [0.25, 0.3) is 0 Å². The lowest BCUT2D eigenvalue weighted by Gasteiger charge is -2.50. The number of carboxylic acid groups (broad SMARTS) is 2. The maximum absolute atomic E-state index is 12.7. The van der Waals surface area contributed by atoms with E-state index in [1.54, 1.807) is 0 Å². The first kappa shape index (κ1) is 77.0. The number of rotatable bonds is 34. The molecule has 10 unspecified atom stereocenters. The molecule has 89 heavy (non-hydrogen) atoms. The Hall–Kier alpha value is -2.67. The van der Waals surface area contributed by atoms with E-state index in [0.29, 0.717) is 0 Å². The van der Waals surface area contributed by atoms with Gasteiger partial charge >= 0.3 is 0 Å². The third kappa shape index (κ3) is 21.9. The molecular formula is C36H53N3O45S5-10. The van der Waals surface area contributed by atoms with Crippen molar-refractivity contribution in [3.05, 3.63) is 0 Å². The summed E-state index contributed by atoms with van der Waals surface area (Å²) in [6.07, 6.45) is -46.1. The Labute approximate surface area is 500 Å². The maximum atomic E-state index is 12.7. The normalized spacial score (nSPS) is 38.7. The van der Waals surface area contributed by atoms with Gasteiger partial charge in [-0.2, -0.15) is 0 Å². The number of aliphatic hydroxyl groups is 6. The lowest BCUT2D eigenvalue weighted by molar-refractivity contribution is -0.801. The smallest absolute Gasteiger partial charge is 0.218 e. The standard InChI is InChI=1S/C36H63N3O45S5/c1-68-35-21(39-87(59,60)61)22(40)10(14(77-35)7-71-82-50)2-13-30(80-88(62,63)64)24(42)12(28(76-13)33(46)47)4-70-6-16-20(38-86(56,57)58)32(81-89(65,66)67)31(18(75-16)9-73-84-52)79-36-27(45)23(41)11(29(78-36)34(48)49)3-69-5-15-19(37-85(53,54)55)26(44)25(43)17(74-15)8-72-83-51/h10-32,35-45,50-52H,2-9H2,1H3,(H,46,47)(H,48,49)(H,53,54,55)(H,56,57,58)(H,59,60,61)(H,62,63,64)(H,65,66,67)/p-10/t10-,11+,12+,13+,14?,15-,16-,17?,18?,19?,20?,21?,22-,23-,24-,25-,26+,27?,28?,29?,30?,31-,32+,35+,36+/m1/s1. The summed E-state index contributed by atoms with van der Waals surface area (Å²) in [7, 11) is -28.5. The van der Waals surface area contributed by atoms with Gasteiger partial charge < -0.3 is 132 Å². The molecule has 0 bridgehead atoms. The number of carbonyl (C=O) groups excluding carboxylic acids is 2. The maximum Gasteiger partial charge on any atom is 0.218 e. The second-order valence-electron chi connectivity index (χ2n) is 19.5. The Balaban J connectivity index is 1.42. The van der Waals surface area contributed by atoms with Crippen LogP contribution in [0.1, 0.15) is 6.42 Å². The molecule has 522 valence electrons. The molecule has 0 aromatic rings.